The zero-order chi connectivity index (χ0) is 10.3. The molecule has 82 valence electrons. The molecule has 3 N–H and O–H groups in total. The second-order valence-electron chi connectivity index (χ2n) is 3.51. The standard InChI is InChI=1S/C8H14O6/c1-12-8-5(11)7-4(10)6(14-8)3(2-9)13-7/h3-11H,2H2,1H3/t3-,4+,5-,6+,7-,8-/m0/s1. The average molecular weight is 206 g/mol. The van der Waals surface area contributed by atoms with Crippen LogP contribution in [-0.4, -0.2) is 65.8 Å². The smallest absolute Gasteiger partial charge is 0.186 e. The lowest BCUT2D eigenvalue weighted by molar-refractivity contribution is -0.254. The number of hydrogen-bond donors (Lipinski definition) is 3. The SMILES string of the molecule is CO[C@H]1O[C@H]2[C@@H](O)[C@H](O[C@H]2CO)[C@@H]1O. The third kappa shape index (κ3) is 1.35. The number of methoxy groups -OCH3 is 1. The molecule has 6 atom stereocenters. The minimum absolute atomic E-state index is 0.249. The fourth-order valence-corrected chi connectivity index (χ4v) is 1.95. The third-order valence-electron chi connectivity index (χ3n) is 2.69. The fourth-order valence-electron chi connectivity index (χ4n) is 1.95. The van der Waals surface area contributed by atoms with Gasteiger partial charge in [0.1, 0.15) is 30.5 Å². The van der Waals surface area contributed by atoms with Crippen molar-refractivity contribution in [2.45, 2.75) is 36.8 Å². The molecule has 0 unspecified atom stereocenters. The summed E-state index contributed by atoms with van der Waals surface area (Å²) in [6.45, 7) is -0.249. The van der Waals surface area contributed by atoms with Crippen LogP contribution in [0.4, 0.5) is 0 Å². The van der Waals surface area contributed by atoms with Gasteiger partial charge in [-0.3, -0.25) is 0 Å². The summed E-state index contributed by atoms with van der Waals surface area (Å²) in [6, 6.07) is 0. The highest BCUT2D eigenvalue weighted by Crippen LogP contribution is 2.33. The molecule has 0 aromatic rings. The molecule has 0 radical (unpaired) electrons. The van der Waals surface area contributed by atoms with Crippen molar-refractivity contribution in [3.8, 4) is 0 Å². The first-order valence-corrected chi connectivity index (χ1v) is 4.49. The number of hydrogen-bond acceptors (Lipinski definition) is 6. The quantitative estimate of drug-likeness (QED) is 0.477. The Bertz CT molecular complexity index is 204. The van der Waals surface area contributed by atoms with E-state index in [1.807, 2.05) is 0 Å². The van der Waals surface area contributed by atoms with Crippen LogP contribution in [0, 0.1) is 0 Å². The molecule has 0 amide bonds. The second-order valence-corrected chi connectivity index (χ2v) is 3.51. The molecule has 2 aliphatic rings. The molecule has 2 rings (SSSR count). The van der Waals surface area contributed by atoms with E-state index >= 15 is 0 Å². The monoisotopic (exact) mass is 206 g/mol. The summed E-state index contributed by atoms with van der Waals surface area (Å²) in [5.41, 5.74) is 0. The Hall–Kier alpha value is -0.240. The minimum atomic E-state index is -1.03. The number of aliphatic hydroxyl groups is 3. The maximum absolute atomic E-state index is 9.62. The van der Waals surface area contributed by atoms with Gasteiger partial charge < -0.3 is 29.5 Å². The van der Waals surface area contributed by atoms with Crippen LogP contribution in [0.2, 0.25) is 0 Å². The lowest BCUT2D eigenvalue weighted by Gasteiger charge is -2.34. The molecule has 14 heavy (non-hydrogen) atoms. The highest BCUT2D eigenvalue weighted by atomic mass is 16.7. The molecule has 0 aliphatic carbocycles. The number of rotatable bonds is 2. The minimum Gasteiger partial charge on any atom is -0.394 e. The molecule has 2 bridgehead atoms. The molecule has 0 spiro atoms. The summed E-state index contributed by atoms with van der Waals surface area (Å²) in [5.74, 6) is 0. The normalized spacial score (nSPS) is 52.3. The van der Waals surface area contributed by atoms with Crippen LogP contribution >= 0.6 is 0 Å². The number of fused-ring (bicyclic) bond motifs is 2. The highest BCUT2D eigenvalue weighted by molar-refractivity contribution is 4.99. The Morgan fingerprint density at radius 3 is 2.43 bits per heavy atom. The summed E-state index contributed by atoms with van der Waals surface area (Å²) in [5, 5.41) is 28.2. The maximum atomic E-state index is 9.62. The van der Waals surface area contributed by atoms with Crippen molar-refractivity contribution in [1.82, 2.24) is 0 Å². The Morgan fingerprint density at radius 1 is 1.14 bits per heavy atom. The van der Waals surface area contributed by atoms with Crippen molar-refractivity contribution in [2.24, 2.45) is 0 Å². The molecular weight excluding hydrogens is 192 g/mol. The predicted molar refractivity (Wildman–Crippen MR) is 43.4 cm³/mol. The summed E-state index contributed by atoms with van der Waals surface area (Å²) < 4.78 is 15.4. The molecular formula is C8H14O6. The summed E-state index contributed by atoms with van der Waals surface area (Å²) in [7, 11) is 1.40. The Kier molecular flexibility index (Phi) is 2.74. The molecule has 0 aromatic heterocycles. The van der Waals surface area contributed by atoms with E-state index in [0.29, 0.717) is 0 Å². The predicted octanol–water partition coefficient (Wildman–Crippen LogP) is -2.16. The second kappa shape index (κ2) is 3.73. The van der Waals surface area contributed by atoms with Crippen molar-refractivity contribution in [2.75, 3.05) is 13.7 Å². The molecule has 2 fully saturated rings. The van der Waals surface area contributed by atoms with Crippen molar-refractivity contribution in [3.05, 3.63) is 0 Å². The van der Waals surface area contributed by atoms with Gasteiger partial charge in [0.05, 0.1) is 6.61 Å². The van der Waals surface area contributed by atoms with Crippen molar-refractivity contribution in [1.29, 1.82) is 0 Å². The van der Waals surface area contributed by atoms with E-state index in [9.17, 15) is 10.2 Å². The van der Waals surface area contributed by atoms with Crippen LogP contribution in [0.15, 0.2) is 0 Å². The van der Waals surface area contributed by atoms with E-state index in [4.69, 9.17) is 19.3 Å². The van der Waals surface area contributed by atoms with Gasteiger partial charge in [-0.1, -0.05) is 0 Å². The zero-order valence-electron chi connectivity index (χ0n) is 7.74. The van der Waals surface area contributed by atoms with Gasteiger partial charge in [-0.05, 0) is 0 Å². The Balaban J connectivity index is 2.15. The van der Waals surface area contributed by atoms with Crippen LogP contribution in [-0.2, 0) is 14.2 Å². The average Bonchev–Trinajstić information content (AvgIpc) is 2.41. The zero-order valence-corrected chi connectivity index (χ0v) is 7.74. The topological polar surface area (TPSA) is 88.4 Å². The van der Waals surface area contributed by atoms with E-state index in [1.165, 1.54) is 7.11 Å². The summed E-state index contributed by atoms with van der Waals surface area (Å²) >= 11 is 0. The molecule has 2 saturated heterocycles. The van der Waals surface area contributed by atoms with Crippen LogP contribution in [0.25, 0.3) is 0 Å². The van der Waals surface area contributed by atoms with Crippen LogP contribution in [0.1, 0.15) is 0 Å². The first-order valence-electron chi connectivity index (χ1n) is 4.49. The van der Waals surface area contributed by atoms with Gasteiger partial charge >= 0.3 is 0 Å². The Morgan fingerprint density at radius 2 is 1.86 bits per heavy atom. The summed E-state index contributed by atoms with van der Waals surface area (Å²) in [4.78, 5) is 0. The first kappa shape index (κ1) is 10.3. The van der Waals surface area contributed by atoms with E-state index in [2.05, 4.69) is 0 Å². The van der Waals surface area contributed by atoms with Crippen LogP contribution in [0.3, 0.4) is 0 Å². The van der Waals surface area contributed by atoms with Gasteiger partial charge in [0.2, 0.25) is 0 Å². The van der Waals surface area contributed by atoms with Gasteiger partial charge in [0.15, 0.2) is 6.29 Å². The highest BCUT2D eigenvalue weighted by Gasteiger charge is 2.54. The van der Waals surface area contributed by atoms with Gasteiger partial charge in [0.25, 0.3) is 0 Å². The largest absolute Gasteiger partial charge is 0.394 e. The van der Waals surface area contributed by atoms with E-state index in [0.717, 1.165) is 0 Å². The van der Waals surface area contributed by atoms with Crippen LogP contribution in [0.5, 0.6) is 0 Å². The molecule has 2 heterocycles. The third-order valence-corrected chi connectivity index (χ3v) is 2.69. The van der Waals surface area contributed by atoms with E-state index < -0.39 is 36.8 Å². The lowest BCUT2D eigenvalue weighted by atomic mass is 10.0. The van der Waals surface area contributed by atoms with Gasteiger partial charge in [-0.2, -0.15) is 0 Å². The van der Waals surface area contributed by atoms with Crippen molar-refractivity contribution >= 4 is 0 Å². The first-order chi connectivity index (χ1) is 6.69. The van der Waals surface area contributed by atoms with Crippen molar-refractivity contribution < 1.29 is 29.5 Å². The molecule has 6 heteroatoms. The molecule has 2 aliphatic heterocycles. The number of ether oxygens (including phenoxy) is 3. The molecule has 0 aromatic carbocycles. The lowest BCUT2D eigenvalue weighted by Crippen LogP contribution is -2.54. The van der Waals surface area contributed by atoms with E-state index in [1.54, 1.807) is 0 Å². The number of aliphatic hydroxyl groups excluding tert-OH is 3. The maximum Gasteiger partial charge on any atom is 0.186 e. The van der Waals surface area contributed by atoms with E-state index in [-0.39, 0.29) is 6.61 Å². The van der Waals surface area contributed by atoms with Crippen molar-refractivity contribution in [3.63, 3.8) is 0 Å². The van der Waals surface area contributed by atoms with Gasteiger partial charge in [-0.25, -0.2) is 0 Å². The Labute approximate surface area is 81.0 Å². The molecule has 0 saturated carbocycles. The fraction of sp³-hybridized carbons (Fsp3) is 1.00. The molecule has 6 nitrogen and oxygen atoms in total. The van der Waals surface area contributed by atoms with Crippen LogP contribution < -0.4 is 0 Å². The summed E-state index contributed by atoms with van der Waals surface area (Å²) in [6.07, 6.45) is -4.69. The van der Waals surface area contributed by atoms with Gasteiger partial charge in [0, 0.05) is 7.11 Å². The van der Waals surface area contributed by atoms with Gasteiger partial charge in [-0.15, -0.1) is 0 Å².